The number of aryl methyl sites for hydroxylation is 1. The van der Waals surface area contributed by atoms with E-state index in [-0.39, 0.29) is 23.4 Å². The summed E-state index contributed by atoms with van der Waals surface area (Å²) in [6.45, 7) is 1.80. The van der Waals surface area contributed by atoms with E-state index in [2.05, 4.69) is 9.97 Å². The maximum absolute atomic E-state index is 13.1. The Hall–Kier alpha value is -3.22. The Bertz CT molecular complexity index is 983. The number of hydrogen-bond acceptors (Lipinski definition) is 3. The summed E-state index contributed by atoms with van der Waals surface area (Å²) in [5.41, 5.74) is 1.30. The van der Waals surface area contributed by atoms with E-state index < -0.39 is 17.7 Å². The highest BCUT2D eigenvalue weighted by molar-refractivity contribution is 5.89. The maximum Gasteiger partial charge on any atom is 0.417 e. The Labute approximate surface area is 153 Å². The number of hydrogen-bond donors (Lipinski definition) is 1. The Kier molecular flexibility index (Phi) is 4.94. The zero-order chi connectivity index (χ0) is 19.6. The van der Waals surface area contributed by atoms with Crippen LogP contribution >= 0.6 is 0 Å². The van der Waals surface area contributed by atoms with Gasteiger partial charge in [0.2, 0.25) is 0 Å². The van der Waals surface area contributed by atoms with Crippen LogP contribution in [0.4, 0.5) is 13.2 Å². The average molecular weight is 372 g/mol. The zero-order valence-electron chi connectivity index (χ0n) is 14.3. The average Bonchev–Trinajstić information content (AvgIpc) is 2.63. The van der Waals surface area contributed by atoms with Crippen LogP contribution in [0.25, 0.3) is 11.4 Å². The number of aromatic carboxylic acids is 1. The van der Waals surface area contributed by atoms with Gasteiger partial charge in [-0.2, -0.15) is 13.2 Å². The van der Waals surface area contributed by atoms with Gasteiger partial charge < -0.3 is 5.11 Å². The molecule has 0 atom stereocenters. The molecule has 0 aliphatic rings. The fraction of sp³-hybridized carbons (Fsp3) is 0.150. The van der Waals surface area contributed by atoms with E-state index in [0.29, 0.717) is 11.1 Å². The summed E-state index contributed by atoms with van der Waals surface area (Å²) in [6.07, 6.45) is -1.40. The van der Waals surface area contributed by atoms with Gasteiger partial charge >= 0.3 is 12.1 Å². The molecule has 0 aliphatic carbocycles. The number of carboxylic acid groups (broad SMARTS) is 1. The van der Waals surface area contributed by atoms with E-state index in [1.807, 2.05) is 0 Å². The van der Waals surface area contributed by atoms with Gasteiger partial charge in [-0.25, -0.2) is 14.8 Å². The van der Waals surface area contributed by atoms with Crippen LogP contribution in [0, 0.1) is 6.92 Å². The molecule has 0 amide bonds. The van der Waals surface area contributed by atoms with Crippen molar-refractivity contribution in [2.75, 3.05) is 0 Å². The Balaban J connectivity index is 1.91. The minimum atomic E-state index is -4.50. The molecule has 2 aromatic carbocycles. The minimum absolute atomic E-state index is 0.0333. The lowest BCUT2D eigenvalue weighted by atomic mass is 9.99. The number of alkyl halides is 3. The summed E-state index contributed by atoms with van der Waals surface area (Å²) in [4.78, 5) is 19.5. The van der Waals surface area contributed by atoms with Crippen molar-refractivity contribution in [3.05, 3.63) is 82.7 Å². The fourth-order valence-corrected chi connectivity index (χ4v) is 2.77. The monoisotopic (exact) mass is 372 g/mol. The summed E-state index contributed by atoms with van der Waals surface area (Å²) < 4.78 is 39.4. The molecule has 4 nitrogen and oxygen atoms in total. The van der Waals surface area contributed by atoms with Crippen molar-refractivity contribution in [2.45, 2.75) is 19.5 Å². The van der Waals surface area contributed by atoms with Crippen LogP contribution in [0.15, 0.2) is 54.9 Å². The second-order valence-corrected chi connectivity index (χ2v) is 6.10. The van der Waals surface area contributed by atoms with Crippen molar-refractivity contribution in [1.82, 2.24) is 9.97 Å². The first-order valence-electron chi connectivity index (χ1n) is 8.06. The Morgan fingerprint density at radius 2 is 1.74 bits per heavy atom. The van der Waals surface area contributed by atoms with E-state index in [9.17, 15) is 23.1 Å². The first-order chi connectivity index (χ1) is 12.8. The molecule has 0 saturated heterocycles. The van der Waals surface area contributed by atoms with Crippen LogP contribution in [0.1, 0.15) is 32.6 Å². The summed E-state index contributed by atoms with van der Waals surface area (Å²) >= 11 is 0. The lowest BCUT2D eigenvalue weighted by molar-refractivity contribution is -0.137. The van der Waals surface area contributed by atoms with Crippen molar-refractivity contribution in [1.29, 1.82) is 0 Å². The molecule has 0 saturated carbocycles. The minimum Gasteiger partial charge on any atom is -0.478 e. The molecule has 1 aromatic heterocycles. The molecular formula is C20H15F3N2O2. The Morgan fingerprint density at radius 1 is 1.07 bits per heavy atom. The van der Waals surface area contributed by atoms with Gasteiger partial charge in [0.15, 0.2) is 5.82 Å². The van der Waals surface area contributed by atoms with Crippen LogP contribution in [-0.2, 0) is 12.6 Å². The molecule has 3 aromatic rings. The third-order valence-electron chi connectivity index (χ3n) is 4.07. The molecule has 0 aliphatic heterocycles. The first kappa shape index (κ1) is 18.6. The van der Waals surface area contributed by atoms with E-state index in [1.54, 1.807) is 25.1 Å². The van der Waals surface area contributed by atoms with Crippen molar-refractivity contribution in [2.24, 2.45) is 0 Å². The number of carboxylic acids is 1. The highest BCUT2D eigenvalue weighted by atomic mass is 19.4. The Morgan fingerprint density at radius 3 is 2.37 bits per heavy atom. The summed E-state index contributed by atoms with van der Waals surface area (Å²) in [6, 6.07) is 10.2. The summed E-state index contributed by atoms with van der Waals surface area (Å²) in [7, 11) is 0. The molecule has 1 N–H and O–H groups in total. The largest absolute Gasteiger partial charge is 0.478 e. The van der Waals surface area contributed by atoms with Crippen molar-refractivity contribution < 1.29 is 23.1 Å². The van der Waals surface area contributed by atoms with Crippen molar-refractivity contribution >= 4 is 5.97 Å². The van der Waals surface area contributed by atoms with Crippen molar-refractivity contribution in [3.63, 3.8) is 0 Å². The lowest BCUT2D eigenvalue weighted by Gasteiger charge is -2.12. The number of rotatable bonds is 4. The molecule has 3 rings (SSSR count). The second kappa shape index (κ2) is 7.19. The van der Waals surface area contributed by atoms with Gasteiger partial charge in [-0.1, -0.05) is 35.9 Å². The molecule has 138 valence electrons. The number of nitrogens with zero attached hydrogens (tertiary/aromatic N) is 2. The van der Waals surface area contributed by atoms with Crippen molar-refractivity contribution in [3.8, 4) is 11.4 Å². The van der Waals surface area contributed by atoms with Gasteiger partial charge in [-0.3, -0.25) is 0 Å². The highest BCUT2D eigenvalue weighted by Gasteiger charge is 2.33. The number of carbonyl (C=O) groups is 1. The van der Waals surface area contributed by atoms with Crippen LogP contribution in [0.3, 0.4) is 0 Å². The first-order valence-corrected chi connectivity index (χ1v) is 8.06. The highest BCUT2D eigenvalue weighted by Crippen LogP contribution is 2.35. The number of aromatic nitrogens is 2. The van der Waals surface area contributed by atoms with Crippen LogP contribution in [0.2, 0.25) is 0 Å². The molecule has 0 radical (unpaired) electrons. The molecular weight excluding hydrogens is 357 g/mol. The maximum atomic E-state index is 13.1. The molecule has 0 spiro atoms. The smallest absolute Gasteiger partial charge is 0.417 e. The van der Waals surface area contributed by atoms with Gasteiger partial charge in [0, 0.05) is 24.4 Å². The normalized spacial score (nSPS) is 11.4. The van der Waals surface area contributed by atoms with E-state index in [0.717, 1.165) is 11.6 Å². The van der Waals surface area contributed by atoms with Gasteiger partial charge in [0.05, 0.1) is 11.1 Å². The SMILES string of the molecule is Cc1ccc(Cc2cnc(-c3ccccc3C(F)(F)F)nc2)c(C(=O)O)c1. The standard InChI is InChI=1S/C20H15F3N2O2/c1-12-6-7-14(16(8-12)19(26)27)9-13-10-24-18(25-11-13)15-4-2-3-5-17(15)20(21,22)23/h2-8,10-11H,9H2,1H3,(H,26,27). The molecule has 1 heterocycles. The van der Waals surface area contributed by atoms with E-state index in [1.165, 1.54) is 30.6 Å². The van der Waals surface area contributed by atoms with Crippen LogP contribution in [-0.4, -0.2) is 21.0 Å². The van der Waals surface area contributed by atoms with Crippen LogP contribution < -0.4 is 0 Å². The molecule has 7 heteroatoms. The fourth-order valence-electron chi connectivity index (χ4n) is 2.77. The van der Waals surface area contributed by atoms with Gasteiger partial charge in [0.25, 0.3) is 0 Å². The number of halogens is 3. The third kappa shape index (κ3) is 4.13. The summed E-state index contributed by atoms with van der Waals surface area (Å²) in [5, 5.41) is 9.33. The predicted molar refractivity (Wildman–Crippen MR) is 93.4 cm³/mol. The van der Waals surface area contributed by atoms with Gasteiger partial charge in [-0.15, -0.1) is 0 Å². The summed E-state index contributed by atoms with van der Waals surface area (Å²) in [5.74, 6) is -1.07. The second-order valence-electron chi connectivity index (χ2n) is 6.10. The predicted octanol–water partition coefficient (Wildman–Crippen LogP) is 4.76. The van der Waals surface area contributed by atoms with E-state index in [4.69, 9.17) is 0 Å². The zero-order valence-corrected chi connectivity index (χ0v) is 14.3. The third-order valence-corrected chi connectivity index (χ3v) is 4.07. The number of benzene rings is 2. The quantitative estimate of drug-likeness (QED) is 0.717. The van der Waals surface area contributed by atoms with Gasteiger partial charge in [-0.05, 0) is 30.2 Å². The van der Waals surface area contributed by atoms with Gasteiger partial charge in [0.1, 0.15) is 0 Å². The molecule has 0 bridgehead atoms. The molecule has 0 unspecified atom stereocenters. The lowest BCUT2D eigenvalue weighted by Crippen LogP contribution is -2.08. The van der Waals surface area contributed by atoms with Crippen LogP contribution in [0.5, 0.6) is 0 Å². The molecule has 0 fully saturated rings. The van der Waals surface area contributed by atoms with E-state index >= 15 is 0 Å². The molecule has 27 heavy (non-hydrogen) atoms. The topological polar surface area (TPSA) is 63.1 Å².